The molecule has 0 bridgehead atoms. The van der Waals surface area contributed by atoms with E-state index in [2.05, 4.69) is 11.4 Å². The summed E-state index contributed by atoms with van der Waals surface area (Å²) in [6.45, 7) is 2.01. The second kappa shape index (κ2) is 6.53. The van der Waals surface area contributed by atoms with E-state index >= 15 is 0 Å². The number of nitrogens with one attached hydrogen (secondary N) is 1. The van der Waals surface area contributed by atoms with Gasteiger partial charge in [0.15, 0.2) is 0 Å². The van der Waals surface area contributed by atoms with Crippen molar-refractivity contribution in [3.63, 3.8) is 0 Å². The number of methoxy groups -OCH3 is 1. The molecular formula is C17H20FNO. The molecule has 1 unspecified atom stereocenters. The van der Waals surface area contributed by atoms with Gasteiger partial charge in [0.1, 0.15) is 11.6 Å². The number of halogens is 1. The Balaban J connectivity index is 2.26. The molecule has 2 aromatic carbocycles. The van der Waals surface area contributed by atoms with Gasteiger partial charge in [-0.1, -0.05) is 18.2 Å². The summed E-state index contributed by atoms with van der Waals surface area (Å²) in [7, 11) is 3.57. The van der Waals surface area contributed by atoms with Crippen molar-refractivity contribution in [2.45, 2.75) is 19.4 Å². The number of likely N-dealkylation sites (N-methyl/N-ethyl adjacent to an activating group) is 1. The van der Waals surface area contributed by atoms with Gasteiger partial charge >= 0.3 is 0 Å². The summed E-state index contributed by atoms with van der Waals surface area (Å²) < 4.78 is 18.6. The van der Waals surface area contributed by atoms with Gasteiger partial charge in [0, 0.05) is 6.04 Å². The minimum absolute atomic E-state index is 0.130. The molecule has 0 saturated carbocycles. The number of benzene rings is 2. The van der Waals surface area contributed by atoms with Gasteiger partial charge in [-0.2, -0.15) is 0 Å². The van der Waals surface area contributed by atoms with Crippen LogP contribution in [0.15, 0.2) is 42.5 Å². The van der Waals surface area contributed by atoms with Crippen LogP contribution in [0.1, 0.15) is 22.7 Å². The molecule has 2 rings (SSSR count). The van der Waals surface area contributed by atoms with E-state index in [-0.39, 0.29) is 11.9 Å². The quantitative estimate of drug-likeness (QED) is 0.898. The average molecular weight is 273 g/mol. The smallest absolute Gasteiger partial charge is 0.123 e. The van der Waals surface area contributed by atoms with Gasteiger partial charge in [-0.15, -0.1) is 0 Å². The number of hydrogen-bond donors (Lipinski definition) is 1. The van der Waals surface area contributed by atoms with Crippen LogP contribution >= 0.6 is 0 Å². The molecule has 0 radical (unpaired) electrons. The second-order valence-corrected chi connectivity index (χ2v) is 4.89. The van der Waals surface area contributed by atoms with E-state index in [0.717, 1.165) is 28.9 Å². The Kier molecular flexibility index (Phi) is 4.74. The van der Waals surface area contributed by atoms with Gasteiger partial charge in [0.05, 0.1) is 7.11 Å². The van der Waals surface area contributed by atoms with Gasteiger partial charge in [-0.25, -0.2) is 4.39 Å². The van der Waals surface area contributed by atoms with Gasteiger partial charge in [0.25, 0.3) is 0 Å². The van der Waals surface area contributed by atoms with Crippen LogP contribution < -0.4 is 10.1 Å². The first kappa shape index (κ1) is 14.5. The minimum Gasteiger partial charge on any atom is -0.497 e. The molecule has 0 saturated heterocycles. The van der Waals surface area contributed by atoms with Crippen molar-refractivity contribution in [2.24, 2.45) is 0 Å². The van der Waals surface area contributed by atoms with Crippen LogP contribution in [-0.4, -0.2) is 14.2 Å². The van der Waals surface area contributed by atoms with E-state index in [9.17, 15) is 4.39 Å². The third kappa shape index (κ3) is 3.36. The summed E-state index contributed by atoms with van der Waals surface area (Å²) in [5, 5.41) is 3.29. The molecule has 0 spiro atoms. The van der Waals surface area contributed by atoms with Crippen molar-refractivity contribution in [3.8, 4) is 5.75 Å². The fourth-order valence-corrected chi connectivity index (χ4v) is 2.32. The molecule has 106 valence electrons. The van der Waals surface area contributed by atoms with E-state index in [1.54, 1.807) is 13.2 Å². The molecule has 2 nitrogen and oxygen atoms in total. The Hall–Kier alpha value is -1.87. The lowest BCUT2D eigenvalue weighted by atomic mass is 9.96. The average Bonchev–Trinajstić information content (AvgIpc) is 2.48. The lowest BCUT2D eigenvalue weighted by Gasteiger charge is -2.18. The normalized spacial score (nSPS) is 12.2. The molecule has 1 atom stereocenters. The highest BCUT2D eigenvalue weighted by Crippen LogP contribution is 2.24. The summed E-state index contributed by atoms with van der Waals surface area (Å²) >= 11 is 0. The van der Waals surface area contributed by atoms with Crippen LogP contribution in [0.4, 0.5) is 4.39 Å². The maximum Gasteiger partial charge on any atom is 0.123 e. The first-order chi connectivity index (χ1) is 9.63. The maximum atomic E-state index is 13.4. The highest BCUT2D eigenvalue weighted by molar-refractivity contribution is 5.33. The monoisotopic (exact) mass is 273 g/mol. The zero-order valence-corrected chi connectivity index (χ0v) is 12.1. The first-order valence-corrected chi connectivity index (χ1v) is 6.70. The molecule has 1 N–H and O–H groups in total. The molecule has 2 aromatic rings. The maximum absolute atomic E-state index is 13.4. The van der Waals surface area contributed by atoms with Crippen LogP contribution in [0.2, 0.25) is 0 Å². The van der Waals surface area contributed by atoms with E-state index < -0.39 is 0 Å². The molecule has 0 aliphatic carbocycles. The minimum atomic E-state index is -0.189. The molecule has 0 amide bonds. The SMILES string of the molecule is CNC(Cc1cc(F)ccc1C)c1cccc(OC)c1. The summed E-state index contributed by atoms with van der Waals surface area (Å²) in [5.74, 6) is 0.643. The van der Waals surface area contributed by atoms with Crippen LogP contribution in [0.3, 0.4) is 0 Å². The Labute approximate surface area is 119 Å². The third-order valence-corrected chi connectivity index (χ3v) is 3.58. The number of aryl methyl sites for hydroxylation is 1. The predicted octanol–water partition coefficient (Wildman–Crippen LogP) is 3.65. The first-order valence-electron chi connectivity index (χ1n) is 6.70. The largest absolute Gasteiger partial charge is 0.497 e. The van der Waals surface area contributed by atoms with Crippen molar-refractivity contribution >= 4 is 0 Å². The fourth-order valence-electron chi connectivity index (χ4n) is 2.32. The van der Waals surface area contributed by atoms with Crippen molar-refractivity contribution in [3.05, 3.63) is 65.0 Å². The highest BCUT2D eigenvalue weighted by atomic mass is 19.1. The van der Waals surface area contributed by atoms with Crippen LogP contribution in [-0.2, 0) is 6.42 Å². The van der Waals surface area contributed by atoms with Crippen LogP contribution in [0.25, 0.3) is 0 Å². The fraction of sp³-hybridized carbons (Fsp3) is 0.294. The van der Waals surface area contributed by atoms with Crippen LogP contribution in [0, 0.1) is 12.7 Å². The molecule has 0 aliphatic rings. The van der Waals surface area contributed by atoms with Gasteiger partial charge in [0.2, 0.25) is 0 Å². The summed E-state index contributed by atoms with van der Waals surface area (Å²) in [5.41, 5.74) is 3.26. The Bertz CT molecular complexity index is 583. The van der Waals surface area contributed by atoms with E-state index in [4.69, 9.17) is 4.74 Å². The highest BCUT2D eigenvalue weighted by Gasteiger charge is 2.12. The van der Waals surface area contributed by atoms with E-state index in [1.807, 2.05) is 38.2 Å². The van der Waals surface area contributed by atoms with E-state index in [0.29, 0.717) is 0 Å². The molecular weight excluding hydrogens is 253 g/mol. The third-order valence-electron chi connectivity index (χ3n) is 3.58. The molecule has 0 heterocycles. The summed E-state index contributed by atoms with van der Waals surface area (Å²) in [4.78, 5) is 0. The second-order valence-electron chi connectivity index (χ2n) is 4.89. The molecule has 0 aliphatic heterocycles. The molecule has 0 fully saturated rings. The molecule has 3 heteroatoms. The molecule has 20 heavy (non-hydrogen) atoms. The van der Waals surface area contributed by atoms with E-state index in [1.165, 1.54) is 6.07 Å². The number of ether oxygens (including phenoxy) is 1. The predicted molar refractivity (Wildman–Crippen MR) is 79.6 cm³/mol. The summed E-state index contributed by atoms with van der Waals surface area (Å²) in [6, 6.07) is 13.0. The lowest BCUT2D eigenvalue weighted by Crippen LogP contribution is -2.19. The van der Waals surface area contributed by atoms with Gasteiger partial charge < -0.3 is 10.1 Å². The van der Waals surface area contributed by atoms with Crippen molar-refractivity contribution in [1.29, 1.82) is 0 Å². The zero-order valence-electron chi connectivity index (χ0n) is 12.1. The summed E-state index contributed by atoms with van der Waals surface area (Å²) in [6.07, 6.45) is 0.743. The van der Waals surface area contributed by atoms with Crippen molar-refractivity contribution < 1.29 is 9.13 Å². The Morgan fingerprint density at radius 1 is 1.20 bits per heavy atom. The lowest BCUT2D eigenvalue weighted by molar-refractivity contribution is 0.413. The van der Waals surface area contributed by atoms with Crippen LogP contribution in [0.5, 0.6) is 5.75 Å². The molecule has 0 aromatic heterocycles. The Morgan fingerprint density at radius 2 is 2.00 bits per heavy atom. The number of rotatable bonds is 5. The standard InChI is InChI=1S/C17H20FNO/c1-12-7-8-15(18)9-14(12)11-17(19-2)13-5-4-6-16(10-13)20-3/h4-10,17,19H,11H2,1-3H3. The number of hydrogen-bond acceptors (Lipinski definition) is 2. The Morgan fingerprint density at radius 3 is 2.70 bits per heavy atom. The van der Waals surface area contributed by atoms with Gasteiger partial charge in [-0.05, 0) is 61.3 Å². The van der Waals surface area contributed by atoms with Crippen molar-refractivity contribution in [2.75, 3.05) is 14.2 Å². The topological polar surface area (TPSA) is 21.3 Å². The zero-order chi connectivity index (χ0) is 14.5. The van der Waals surface area contributed by atoms with Gasteiger partial charge in [-0.3, -0.25) is 0 Å². The van der Waals surface area contributed by atoms with Crippen molar-refractivity contribution in [1.82, 2.24) is 5.32 Å².